The molecular formula is C15H28N2. The molecule has 3 fully saturated rings. The number of likely N-dealkylation sites (tertiary alicyclic amines) is 1. The maximum Gasteiger partial charge on any atom is 0.0124 e. The summed E-state index contributed by atoms with van der Waals surface area (Å²) in [5, 5.41) is 3.55. The monoisotopic (exact) mass is 236 g/mol. The predicted octanol–water partition coefficient (Wildman–Crippen LogP) is 2.64. The van der Waals surface area contributed by atoms with E-state index in [1.54, 1.807) is 0 Å². The fraction of sp³-hybridized carbons (Fsp3) is 1.00. The topological polar surface area (TPSA) is 15.3 Å². The second-order valence-electron chi connectivity index (χ2n) is 6.44. The van der Waals surface area contributed by atoms with E-state index in [0.717, 1.165) is 17.9 Å². The van der Waals surface area contributed by atoms with Crippen molar-refractivity contribution in [2.75, 3.05) is 26.2 Å². The minimum absolute atomic E-state index is 0.964. The Morgan fingerprint density at radius 2 is 1.94 bits per heavy atom. The molecule has 3 rings (SSSR count). The van der Waals surface area contributed by atoms with E-state index in [0.29, 0.717) is 0 Å². The van der Waals surface area contributed by atoms with E-state index in [9.17, 15) is 0 Å². The second kappa shape index (κ2) is 5.71. The molecule has 3 aliphatic rings. The van der Waals surface area contributed by atoms with Gasteiger partial charge in [-0.3, -0.25) is 0 Å². The van der Waals surface area contributed by atoms with Crippen molar-refractivity contribution in [3.8, 4) is 0 Å². The zero-order valence-electron chi connectivity index (χ0n) is 11.2. The Hall–Kier alpha value is -0.0800. The quantitative estimate of drug-likeness (QED) is 0.810. The summed E-state index contributed by atoms with van der Waals surface area (Å²) < 4.78 is 0. The highest BCUT2D eigenvalue weighted by molar-refractivity contribution is 4.90. The molecule has 1 N–H and O–H groups in total. The normalized spacial score (nSPS) is 39.2. The molecule has 0 bridgehead atoms. The maximum absolute atomic E-state index is 3.55. The fourth-order valence-corrected chi connectivity index (χ4v) is 4.30. The van der Waals surface area contributed by atoms with Crippen molar-refractivity contribution >= 4 is 0 Å². The third kappa shape index (κ3) is 2.85. The lowest BCUT2D eigenvalue weighted by atomic mass is 9.85. The molecule has 0 spiro atoms. The van der Waals surface area contributed by atoms with E-state index < -0.39 is 0 Å². The molecule has 17 heavy (non-hydrogen) atoms. The molecule has 2 aliphatic heterocycles. The van der Waals surface area contributed by atoms with Crippen LogP contribution in [0.5, 0.6) is 0 Å². The first-order chi connectivity index (χ1) is 8.43. The molecule has 98 valence electrons. The minimum Gasteiger partial charge on any atom is -0.316 e. The average Bonchev–Trinajstić information content (AvgIpc) is 2.81. The molecule has 0 radical (unpaired) electrons. The van der Waals surface area contributed by atoms with Gasteiger partial charge in [0.1, 0.15) is 0 Å². The van der Waals surface area contributed by atoms with Crippen LogP contribution in [-0.4, -0.2) is 37.1 Å². The summed E-state index contributed by atoms with van der Waals surface area (Å²) in [6.45, 7) is 5.32. The lowest BCUT2D eigenvalue weighted by molar-refractivity contribution is 0.168. The van der Waals surface area contributed by atoms with Crippen LogP contribution in [0, 0.1) is 11.8 Å². The first kappa shape index (κ1) is 12.0. The van der Waals surface area contributed by atoms with Crippen LogP contribution >= 0.6 is 0 Å². The standard InChI is InChI=1S/C15H28N2/c1-2-6-15-14(5-1)8-11-17(15)10-7-13-4-3-9-16-12-13/h13-16H,1-12H2. The van der Waals surface area contributed by atoms with Gasteiger partial charge in [-0.1, -0.05) is 12.8 Å². The van der Waals surface area contributed by atoms with Gasteiger partial charge in [0.15, 0.2) is 0 Å². The molecule has 2 heterocycles. The number of fused-ring (bicyclic) bond motifs is 1. The number of hydrogen-bond donors (Lipinski definition) is 1. The van der Waals surface area contributed by atoms with Crippen LogP contribution in [0.3, 0.4) is 0 Å². The van der Waals surface area contributed by atoms with Crippen LogP contribution in [0.2, 0.25) is 0 Å². The molecule has 3 unspecified atom stereocenters. The zero-order valence-corrected chi connectivity index (χ0v) is 11.2. The van der Waals surface area contributed by atoms with Crippen LogP contribution in [0.1, 0.15) is 51.4 Å². The second-order valence-corrected chi connectivity index (χ2v) is 6.44. The van der Waals surface area contributed by atoms with Crippen molar-refractivity contribution in [1.29, 1.82) is 0 Å². The smallest absolute Gasteiger partial charge is 0.0124 e. The van der Waals surface area contributed by atoms with Crippen LogP contribution < -0.4 is 5.32 Å². The molecule has 1 saturated carbocycles. The summed E-state index contributed by atoms with van der Waals surface area (Å²) in [4.78, 5) is 2.83. The number of piperidine rings is 1. The highest BCUT2D eigenvalue weighted by Crippen LogP contribution is 2.36. The zero-order chi connectivity index (χ0) is 11.5. The van der Waals surface area contributed by atoms with Crippen LogP contribution in [0.15, 0.2) is 0 Å². The Morgan fingerprint density at radius 3 is 2.82 bits per heavy atom. The number of rotatable bonds is 3. The van der Waals surface area contributed by atoms with Crippen molar-refractivity contribution in [2.24, 2.45) is 11.8 Å². The highest BCUT2D eigenvalue weighted by Gasteiger charge is 2.35. The van der Waals surface area contributed by atoms with Crippen molar-refractivity contribution in [1.82, 2.24) is 10.2 Å². The number of nitrogens with zero attached hydrogens (tertiary/aromatic N) is 1. The molecule has 1 aliphatic carbocycles. The Bertz CT molecular complexity index is 235. The highest BCUT2D eigenvalue weighted by atomic mass is 15.2. The van der Waals surface area contributed by atoms with E-state index in [2.05, 4.69) is 10.2 Å². The summed E-state index contributed by atoms with van der Waals surface area (Å²) in [7, 11) is 0. The molecular weight excluding hydrogens is 208 g/mol. The van der Waals surface area contributed by atoms with Gasteiger partial charge in [-0.25, -0.2) is 0 Å². The lowest BCUT2D eigenvalue weighted by Gasteiger charge is -2.33. The molecule has 3 atom stereocenters. The van der Waals surface area contributed by atoms with Gasteiger partial charge in [0.05, 0.1) is 0 Å². The molecule has 0 aromatic heterocycles. The van der Waals surface area contributed by atoms with Gasteiger partial charge in [0, 0.05) is 6.04 Å². The van der Waals surface area contributed by atoms with Crippen molar-refractivity contribution < 1.29 is 0 Å². The minimum atomic E-state index is 0.964. The lowest BCUT2D eigenvalue weighted by Crippen LogP contribution is -2.37. The molecule has 0 aromatic rings. The number of hydrogen-bond acceptors (Lipinski definition) is 2. The van der Waals surface area contributed by atoms with E-state index >= 15 is 0 Å². The van der Waals surface area contributed by atoms with Crippen LogP contribution in [-0.2, 0) is 0 Å². The molecule has 2 nitrogen and oxygen atoms in total. The molecule has 2 heteroatoms. The predicted molar refractivity (Wildman–Crippen MR) is 72.1 cm³/mol. The Balaban J connectivity index is 1.45. The van der Waals surface area contributed by atoms with E-state index in [1.807, 2.05) is 0 Å². The average molecular weight is 236 g/mol. The first-order valence-electron chi connectivity index (χ1n) is 7.88. The van der Waals surface area contributed by atoms with Gasteiger partial charge in [-0.05, 0) is 76.5 Å². The summed E-state index contributed by atoms with van der Waals surface area (Å²) in [5.74, 6) is 2.03. The van der Waals surface area contributed by atoms with Gasteiger partial charge < -0.3 is 10.2 Å². The van der Waals surface area contributed by atoms with Crippen LogP contribution in [0.25, 0.3) is 0 Å². The SMILES string of the molecule is C1CNCC(CCN2CCC3CCCCC32)C1. The third-order valence-electron chi connectivity index (χ3n) is 5.35. The van der Waals surface area contributed by atoms with Gasteiger partial charge in [-0.2, -0.15) is 0 Å². The Morgan fingerprint density at radius 1 is 1.00 bits per heavy atom. The van der Waals surface area contributed by atoms with E-state index in [4.69, 9.17) is 0 Å². The number of nitrogens with one attached hydrogen (secondary N) is 1. The molecule has 0 aromatic carbocycles. The van der Waals surface area contributed by atoms with Crippen molar-refractivity contribution in [3.63, 3.8) is 0 Å². The summed E-state index contributed by atoms with van der Waals surface area (Å²) >= 11 is 0. The summed E-state index contributed by atoms with van der Waals surface area (Å²) in [6, 6.07) is 0.972. The summed E-state index contributed by atoms with van der Waals surface area (Å²) in [6.07, 6.45) is 11.8. The first-order valence-corrected chi connectivity index (χ1v) is 7.88. The summed E-state index contributed by atoms with van der Waals surface area (Å²) in [5.41, 5.74) is 0. The largest absolute Gasteiger partial charge is 0.316 e. The van der Waals surface area contributed by atoms with Gasteiger partial charge in [0.25, 0.3) is 0 Å². The van der Waals surface area contributed by atoms with E-state index in [-0.39, 0.29) is 0 Å². The third-order valence-corrected chi connectivity index (χ3v) is 5.35. The van der Waals surface area contributed by atoms with Gasteiger partial charge in [0.2, 0.25) is 0 Å². The molecule has 0 amide bonds. The molecule has 2 saturated heterocycles. The van der Waals surface area contributed by atoms with Crippen molar-refractivity contribution in [3.05, 3.63) is 0 Å². The fourth-order valence-electron chi connectivity index (χ4n) is 4.30. The van der Waals surface area contributed by atoms with Gasteiger partial charge in [-0.15, -0.1) is 0 Å². The van der Waals surface area contributed by atoms with Crippen LogP contribution in [0.4, 0.5) is 0 Å². The van der Waals surface area contributed by atoms with Gasteiger partial charge >= 0.3 is 0 Å². The van der Waals surface area contributed by atoms with Crippen molar-refractivity contribution in [2.45, 2.75) is 57.4 Å². The Labute approximate surface area is 106 Å². The van der Waals surface area contributed by atoms with E-state index in [1.165, 1.54) is 77.5 Å². The Kier molecular flexibility index (Phi) is 4.02. The maximum atomic E-state index is 3.55.